The van der Waals surface area contributed by atoms with Gasteiger partial charge in [-0.3, -0.25) is 14.9 Å². The molecule has 1 N–H and O–H groups in total. The number of nitrogens with zero attached hydrogens (tertiary/aromatic N) is 2. The molecule has 0 atom stereocenters. The zero-order valence-corrected chi connectivity index (χ0v) is 13.0. The monoisotopic (exact) mass is 335 g/mol. The second-order valence-electron chi connectivity index (χ2n) is 5.07. The molecule has 7 heteroatoms. The summed E-state index contributed by atoms with van der Waals surface area (Å²) in [5.74, 6) is 0.673. The van der Waals surface area contributed by atoms with Gasteiger partial charge in [-0.25, -0.2) is 5.43 Å². The molecule has 3 rings (SSSR count). The van der Waals surface area contributed by atoms with Gasteiger partial charge in [0.25, 0.3) is 11.6 Å². The third-order valence-corrected chi connectivity index (χ3v) is 3.38. The third kappa shape index (κ3) is 3.97. The van der Waals surface area contributed by atoms with Crippen molar-refractivity contribution in [3.8, 4) is 11.3 Å². The van der Waals surface area contributed by atoms with Crippen LogP contribution in [0.5, 0.6) is 0 Å². The van der Waals surface area contributed by atoms with Crippen LogP contribution >= 0.6 is 0 Å². The highest BCUT2D eigenvalue weighted by molar-refractivity contribution is 5.94. The average Bonchev–Trinajstić information content (AvgIpc) is 3.11. The number of hydrogen-bond donors (Lipinski definition) is 1. The Bertz CT molecular complexity index is 915. The third-order valence-electron chi connectivity index (χ3n) is 3.38. The van der Waals surface area contributed by atoms with E-state index in [1.807, 2.05) is 6.07 Å². The minimum absolute atomic E-state index is 0.0146. The van der Waals surface area contributed by atoms with E-state index in [-0.39, 0.29) is 11.6 Å². The lowest BCUT2D eigenvalue weighted by Gasteiger charge is -1.98. The second-order valence-corrected chi connectivity index (χ2v) is 5.07. The van der Waals surface area contributed by atoms with Crippen molar-refractivity contribution >= 4 is 17.8 Å². The maximum atomic E-state index is 11.8. The molecule has 0 aliphatic rings. The van der Waals surface area contributed by atoms with Crippen LogP contribution in [0.4, 0.5) is 5.69 Å². The predicted octanol–water partition coefficient (Wildman–Crippen LogP) is 3.62. The number of nitro benzene ring substituents is 1. The zero-order valence-electron chi connectivity index (χ0n) is 13.0. The van der Waals surface area contributed by atoms with Crippen molar-refractivity contribution in [1.29, 1.82) is 0 Å². The number of nitro groups is 1. The number of benzene rings is 2. The number of rotatable bonds is 5. The Balaban J connectivity index is 1.65. The largest absolute Gasteiger partial charge is 0.455 e. The Labute approximate surface area is 142 Å². The Hall–Kier alpha value is -3.74. The van der Waals surface area contributed by atoms with E-state index in [1.54, 1.807) is 48.5 Å². The smallest absolute Gasteiger partial charge is 0.271 e. The Morgan fingerprint density at radius 3 is 2.44 bits per heavy atom. The van der Waals surface area contributed by atoms with Gasteiger partial charge in [0.1, 0.15) is 11.5 Å². The van der Waals surface area contributed by atoms with Gasteiger partial charge in [0.15, 0.2) is 0 Å². The highest BCUT2D eigenvalue weighted by Crippen LogP contribution is 2.23. The molecule has 0 radical (unpaired) electrons. The number of hydrogen-bond acceptors (Lipinski definition) is 5. The van der Waals surface area contributed by atoms with Crippen LogP contribution in [0.15, 0.2) is 76.2 Å². The molecule has 0 unspecified atom stereocenters. The molecular weight excluding hydrogens is 322 g/mol. The lowest BCUT2D eigenvalue weighted by Crippen LogP contribution is -2.17. The van der Waals surface area contributed by atoms with Crippen LogP contribution in [-0.2, 0) is 0 Å². The fourth-order valence-electron chi connectivity index (χ4n) is 2.13. The van der Waals surface area contributed by atoms with Gasteiger partial charge < -0.3 is 4.42 Å². The number of non-ortho nitro benzene ring substituents is 1. The summed E-state index contributed by atoms with van der Waals surface area (Å²) in [5, 5.41) is 14.5. The van der Waals surface area contributed by atoms with Gasteiger partial charge in [-0.1, -0.05) is 18.2 Å². The van der Waals surface area contributed by atoms with E-state index in [0.717, 1.165) is 0 Å². The summed E-state index contributed by atoms with van der Waals surface area (Å²) < 4.78 is 5.59. The minimum Gasteiger partial charge on any atom is -0.455 e. The number of hydrazone groups is 1. The van der Waals surface area contributed by atoms with E-state index in [4.69, 9.17) is 4.42 Å². The quantitative estimate of drug-likeness (QED) is 0.437. The van der Waals surface area contributed by atoms with E-state index >= 15 is 0 Å². The standard InChI is InChI=1S/C18H13N3O4/c22-18(14-4-2-1-3-5-14)20-19-12-16-10-11-17(25-16)13-6-8-15(9-7-13)21(23)24/h1-12H,(H,20,22). The molecule has 0 bridgehead atoms. The molecule has 1 heterocycles. The second kappa shape index (κ2) is 7.22. The first kappa shape index (κ1) is 16.1. The van der Waals surface area contributed by atoms with Gasteiger partial charge in [-0.2, -0.15) is 5.10 Å². The van der Waals surface area contributed by atoms with Crippen molar-refractivity contribution in [2.75, 3.05) is 0 Å². The Morgan fingerprint density at radius 2 is 1.76 bits per heavy atom. The van der Waals surface area contributed by atoms with Crippen LogP contribution in [-0.4, -0.2) is 17.0 Å². The fourth-order valence-corrected chi connectivity index (χ4v) is 2.13. The molecule has 1 aromatic heterocycles. The van der Waals surface area contributed by atoms with Crippen LogP contribution < -0.4 is 5.43 Å². The Kier molecular flexibility index (Phi) is 4.66. The lowest BCUT2D eigenvalue weighted by molar-refractivity contribution is -0.384. The van der Waals surface area contributed by atoms with Crippen LogP contribution in [0.1, 0.15) is 16.1 Å². The van der Waals surface area contributed by atoms with E-state index in [2.05, 4.69) is 10.5 Å². The first-order valence-electron chi connectivity index (χ1n) is 7.36. The van der Waals surface area contributed by atoms with Crippen LogP contribution in [0.2, 0.25) is 0 Å². The van der Waals surface area contributed by atoms with Crippen LogP contribution in [0.3, 0.4) is 0 Å². The average molecular weight is 335 g/mol. The fraction of sp³-hybridized carbons (Fsp3) is 0. The molecule has 0 saturated carbocycles. The summed E-state index contributed by atoms with van der Waals surface area (Å²) in [6, 6.07) is 18.2. The van der Waals surface area contributed by atoms with Gasteiger partial charge in [0.05, 0.1) is 11.1 Å². The van der Waals surface area contributed by atoms with Crippen molar-refractivity contribution in [2.45, 2.75) is 0 Å². The number of amides is 1. The van der Waals surface area contributed by atoms with Gasteiger partial charge in [-0.05, 0) is 36.4 Å². The molecule has 0 aliphatic carbocycles. The predicted molar refractivity (Wildman–Crippen MR) is 92.3 cm³/mol. The normalized spacial score (nSPS) is 10.7. The molecule has 1 amide bonds. The minimum atomic E-state index is -0.459. The topological polar surface area (TPSA) is 97.7 Å². The molecule has 0 saturated heterocycles. The molecular formula is C18H13N3O4. The first-order valence-corrected chi connectivity index (χ1v) is 7.36. The van der Waals surface area contributed by atoms with Crippen LogP contribution in [0, 0.1) is 10.1 Å². The van der Waals surface area contributed by atoms with Crippen molar-refractivity contribution < 1.29 is 14.1 Å². The number of furan rings is 1. The van der Waals surface area contributed by atoms with Gasteiger partial charge >= 0.3 is 0 Å². The maximum Gasteiger partial charge on any atom is 0.271 e. The SMILES string of the molecule is O=C(NN=Cc1ccc(-c2ccc([N+](=O)[O-])cc2)o1)c1ccccc1. The highest BCUT2D eigenvalue weighted by atomic mass is 16.6. The number of carbonyl (C=O) groups excluding carboxylic acids is 1. The van der Waals surface area contributed by atoms with Crippen molar-refractivity contribution in [3.63, 3.8) is 0 Å². The summed E-state index contributed by atoms with van der Waals surface area (Å²) >= 11 is 0. The zero-order chi connectivity index (χ0) is 17.6. The van der Waals surface area contributed by atoms with Crippen molar-refractivity contribution in [2.24, 2.45) is 5.10 Å². The van der Waals surface area contributed by atoms with E-state index < -0.39 is 4.92 Å². The first-order chi connectivity index (χ1) is 12.1. The molecule has 25 heavy (non-hydrogen) atoms. The molecule has 124 valence electrons. The van der Waals surface area contributed by atoms with E-state index in [1.165, 1.54) is 18.3 Å². The lowest BCUT2D eigenvalue weighted by atomic mass is 10.1. The van der Waals surface area contributed by atoms with Gasteiger partial charge in [0, 0.05) is 23.3 Å². The summed E-state index contributed by atoms with van der Waals surface area (Å²) in [6.45, 7) is 0. The van der Waals surface area contributed by atoms with E-state index in [0.29, 0.717) is 22.6 Å². The number of carbonyl (C=O) groups is 1. The van der Waals surface area contributed by atoms with Crippen LogP contribution in [0.25, 0.3) is 11.3 Å². The highest BCUT2D eigenvalue weighted by Gasteiger charge is 2.08. The maximum absolute atomic E-state index is 11.8. The molecule has 0 fully saturated rings. The van der Waals surface area contributed by atoms with Gasteiger partial charge in [0.2, 0.25) is 0 Å². The molecule has 2 aromatic carbocycles. The molecule has 3 aromatic rings. The van der Waals surface area contributed by atoms with Crippen molar-refractivity contribution in [1.82, 2.24) is 5.43 Å². The summed E-state index contributed by atoms with van der Waals surface area (Å²) in [6.07, 6.45) is 1.38. The Morgan fingerprint density at radius 1 is 1.04 bits per heavy atom. The molecule has 7 nitrogen and oxygen atoms in total. The van der Waals surface area contributed by atoms with Gasteiger partial charge in [-0.15, -0.1) is 0 Å². The molecule has 0 spiro atoms. The summed E-state index contributed by atoms with van der Waals surface area (Å²) in [4.78, 5) is 22.0. The number of nitrogens with one attached hydrogen (secondary N) is 1. The van der Waals surface area contributed by atoms with E-state index in [9.17, 15) is 14.9 Å². The summed E-state index contributed by atoms with van der Waals surface area (Å²) in [5.41, 5.74) is 3.64. The van der Waals surface area contributed by atoms with Crippen molar-refractivity contribution in [3.05, 3.63) is 88.2 Å². The summed E-state index contributed by atoms with van der Waals surface area (Å²) in [7, 11) is 0. The molecule has 0 aliphatic heterocycles.